The normalized spacial score (nSPS) is 13.1. The molecule has 3 N–H and O–H groups in total. The number of nitrogens with one attached hydrogen (secondary N) is 1. The van der Waals surface area contributed by atoms with Crippen LogP contribution in [0, 0.1) is 11.3 Å². The lowest BCUT2D eigenvalue weighted by Crippen LogP contribution is -2.30. The Bertz CT molecular complexity index is 157. The zero-order valence-electron chi connectivity index (χ0n) is 9.84. The third-order valence-corrected chi connectivity index (χ3v) is 2.63. The predicted molar refractivity (Wildman–Crippen MR) is 62.7 cm³/mol. The van der Waals surface area contributed by atoms with E-state index in [0.29, 0.717) is 5.84 Å². The molecule has 1 unspecified atom stereocenters. The van der Waals surface area contributed by atoms with Crippen LogP contribution in [0.3, 0.4) is 0 Å². The van der Waals surface area contributed by atoms with E-state index in [0.717, 1.165) is 31.8 Å². The topological polar surface area (TPSA) is 53.1 Å². The minimum Gasteiger partial charge on any atom is -0.388 e. The summed E-state index contributed by atoms with van der Waals surface area (Å²) in [4.78, 5) is 2.44. The molecule has 0 spiro atoms. The largest absolute Gasteiger partial charge is 0.388 e. The quantitative estimate of drug-likeness (QED) is 0.464. The number of hydrogen-bond acceptors (Lipinski definition) is 2. The van der Waals surface area contributed by atoms with E-state index in [2.05, 4.69) is 25.7 Å². The highest BCUT2D eigenvalue weighted by Gasteiger charge is 2.06. The van der Waals surface area contributed by atoms with Crippen molar-refractivity contribution >= 4 is 5.84 Å². The maximum Gasteiger partial charge on any atom is 0.0905 e. The summed E-state index contributed by atoms with van der Waals surface area (Å²) in [5.41, 5.74) is 5.31. The van der Waals surface area contributed by atoms with Gasteiger partial charge in [-0.05, 0) is 25.4 Å². The van der Waals surface area contributed by atoms with E-state index in [1.165, 1.54) is 13.0 Å². The first-order chi connectivity index (χ1) is 6.60. The SMILES string of the molecule is CCC(C)CN(CC)CCCC(=N)N. The van der Waals surface area contributed by atoms with Crippen molar-refractivity contribution in [3.05, 3.63) is 0 Å². The van der Waals surface area contributed by atoms with E-state index in [4.69, 9.17) is 11.1 Å². The van der Waals surface area contributed by atoms with Gasteiger partial charge in [-0.1, -0.05) is 27.2 Å². The van der Waals surface area contributed by atoms with Crippen molar-refractivity contribution in [2.24, 2.45) is 11.7 Å². The maximum atomic E-state index is 7.13. The lowest BCUT2D eigenvalue weighted by Gasteiger charge is -2.23. The Morgan fingerprint density at radius 2 is 2.07 bits per heavy atom. The van der Waals surface area contributed by atoms with Crippen molar-refractivity contribution in [3.8, 4) is 0 Å². The Kier molecular flexibility index (Phi) is 7.48. The van der Waals surface area contributed by atoms with Crippen LogP contribution in [0.15, 0.2) is 0 Å². The smallest absolute Gasteiger partial charge is 0.0905 e. The number of nitrogens with zero attached hydrogens (tertiary/aromatic N) is 1. The van der Waals surface area contributed by atoms with Gasteiger partial charge in [0.2, 0.25) is 0 Å². The van der Waals surface area contributed by atoms with Crippen molar-refractivity contribution in [3.63, 3.8) is 0 Å². The second-order valence-corrected chi connectivity index (χ2v) is 4.04. The summed E-state index contributed by atoms with van der Waals surface area (Å²) in [5, 5.41) is 7.13. The summed E-state index contributed by atoms with van der Waals surface area (Å²) in [6.45, 7) is 10.0. The van der Waals surface area contributed by atoms with Crippen LogP contribution in [0.4, 0.5) is 0 Å². The first-order valence-corrected chi connectivity index (χ1v) is 5.65. The monoisotopic (exact) mass is 199 g/mol. The minimum absolute atomic E-state index is 0.310. The molecule has 0 aromatic rings. The second kappa shape index (κ2) is 7.80. The maximum absolute atomic E-state index is 7.13. The molecule has 0 fully saturated rings. The van der Waals surface area contributed by atoms with Crippen LogP contribution in [0.1, 0.15) is 40.0 Å². The zero-order valence-corrected chi connectivity index (χ0v) is 9.84. The molecule has 0 saturated heterocycles. The first kappa shape index (κ1) is 13.4. The van der Waals surface area contributed by atoms with Gasteiger partial charge in [0.15, 0.2) is 0 Å². The molecule has 1 atom stereocenters. The third-order valence-electron chi connectivity index (χ3n) is 2.63. The molecule has 0 rings (SSSR count). The average Bonchev–Trinajstić information content (AvgIpc) is 2.15. The molecule has 84 valence electrons. The fraction of sp³-hybridized carbons (Fsp3) is 0.909. The standard InChI is InChI=1S/C11H25N3/c1-4-10(3)9-14(5-2)8-6-7-11(12)13/h10H,4-9H2,1-3H3,(H3,12,13). The molecule has 0 saturated carbocycles. The molecular formula is C11H25N3. The van der Waals surface area contributed by atoms with Gasteiger partial charge in [-0.2, -0.15) is 0 Å². The van der Waals surface area contributed by atoms with Gasteiger partial charge in [0.25, 0.3) is 0 Å². The van der Waals surface area contributed by atoms with Crippen LogP contribution in [-0.4, -0.2) is 30.4 Å². The molecule has 0 bridgehead atoms. The van der Waals surface area contributed by atoms with Gasteiger partial charge in [0.1, 0.15) is 0 Å². The van der Waals surface area contributed by atoms with Gasteiger partial charge < -0.3 is 10.6 Å². The molecule has 0 heterocycles. The highest BCUT2D eigenvalue weighted by molar-refractivity contribution is 5.76. The van der Waals surface area contributed by atoms with Gasteiger partial charge in [-0.25, -0.2) is 0 Å². The number of hydrogen-bond donors (Lipinski definition) is 2. The molecule has 0 amide bonds. The molecule has 14 heavy (non-hydrogen) atoms. The molecule has 0 aliphatic rings. The predicted octanol–water partition coefficient (Wildman–Crippen LogP) is 2.07. The van der Waals surface area contributed by atoms with Gasteiger partial charge in [0.05, 0.1) is 5.84 Å². The van der Waals surface area contributed by atoms with Crippen LogP contribution in [-0.2, 0) is 0 Å². The molecule has 0 aliphatic carbocycles. The molecular weight excluding hydrogens is 174 g/mol. The summed E-state index contributed by atoms with van der Waals surface area (Å²) in [7, 11) is 0. The summed E-state index contributed by atoms with van der Waals surface area (Å²) in [6, 6.07) is 0. The Labute approximate surface area is 88.2 Å². The number of amidine groups is 1. The van der Waals surface area contributed by atoms with Crippen LogP contribution in [0.25, 0.3) is 0 Å². The first-order valence-electron chi connectivity index (χ1n) is 5.65. The summed E-state index contributed by atoms with van der Waals surface area (Å²) < 4.78 is 0. The Morgan fingerprint density at radius 1 is 1.43 bits per heavy atom. The van der Waals surface area contributed by atoms with E-state index >= 15 is 0 Å². The van der Waals surface area contributed by atoms with Gasteiger partial charge in [-0.3, -0.25) is 5.41 Å². The fourth-order valence-electron chi connectivity index (χ4n) is 1.44. The Morgan fingerprint density at radius 3 is 2.50 bits per heavy atom. The van der Waals surface area contributed by atoms with Crippen molar-refractivity contribution in [2.45, 2.75) is 40.0 Å². The summed E-state index contributed by atoms with van der Waals surface area (Å²) in [5.74, 6) is 1.08. The molecule has 0 radical (unpaired) electrons. The second-order valence-electron chi connectivity index (χ2n) is 4.04. The van der Waals surface area contributed by atoms with Crippen molar-refractivity contribution in [1.29, 1.82) is 5.41 Å². The van der Waals surface area contributed by atoms with Crippen LogP contribution in [0.2, 0.25) is 0 Å². The number of nitrogens with two attached hydrogens (primary N) is 1. The van der Waals surface area contributed by atoms with E-state index in [1.807, 2.05) is 0 Å². The van der Waals surface area contributed by atoms with Crippen molar-refractivity contribution < 1.29 is 0 Å². The lowest BCUT2D eigenvalue weighted by molar-refractivity contribution is 0.244. The van der Waals surface area contributed by atoms with Crippen LogP contribution in [0.5, 0.6) is 0 Å². The Balaban J connectivity index is 3.62. The third kappa shape index (κ3) is 6.89. The summed E-state index contributed by atoms with van der Waals surface area (Å²) in [6.07, 6.45) is 2.99. The van der Waals surface area contributed by atoms with Gasteiger partial charge in [-0.15, -0.1) is 0 Å². The van der Waals surface area contributed by atoms with Gasteiger partial charge >= 0.3 is 0 Å². The highest BCUT2D eigenvalue weighted by Crippen LogP contribution is 2.05. The van der Waals surface area contributed by atoms with E-state index < -0.39 is 0 Å². The van der Waals surface area contributed by atoms with E-state index in [-0.39, 0.29) is 0 Å². The Hall–Kier alpha value is -0.570. The summed E-state index contributed by atoms with van der Waals surface area (Å²) >= 11 is 0. The van der Waals surface area contributed by atoms with Crippen molar-refractivity contribution in [1.82, 2.24) is 4.90 Å². The lowest BCUT2D eigenvalue weighted by atomic mass is 10.1. The number of rotatable bonds is 8. The zero-order chi connectivity index (χ0) is 11.0. The fourth-order valence-corrected chi connectivity index (χ4v) is 1.44. The van der Waals surface area contributed by atoms with Gasteiger partial charge in [0, 0.05) is 13.0 Å². The van der Waals surface area contributed by atoms with E-state index in [1.54, 1.807) is 0 Å². The minimum atomic E-state index is 0.310. The van der Waals surface area contributed by atoms with Crippen molar-refractivity contribution in [2.75, 3.05) is 19.6 Å². The molecule has 3 nitrogen and oxygen atoms in total. The molecule has 3 heteroatoms. The van der Waals surface area contributed by atoms with Crippen LogP contribution >= 0.6 is 0 Å². The van der Waals surface area contributed by atoms with E-state index in [9.17, 15) is 0 Å². The average molecular weight is 199 g/mol. The van der Waals surface area contributed by atoms with Crippen LogP contribution < -0.4 is 5.73 Å². The highest BCUT2D eigenvalue weighted by atomic mass is 15.1. The molecule has 0 aromatic heterocycles. The molecule has 0 aromatic carbocycles. The molecule has 0 aliphatic heterocycles.